The summed E-state index contributed by atoms with van der Waals surface area (Å²) in [6.07, 6.45) is 1.89. The van der Waals surface area contributed by atoms with Gasteiger partial charge in [0, 0.05) is 17.4 Å². The van der Waals surface area contributed by atoms with Crippen molar-refractivity contribution in [2.24, 2.45) is 0 Å². The molecule has 0 aliphatic heterocycles. The van der Waals surface area contributed by atoms with Gasteiger partial charge in [-0.2, -0.15) is 9.89 Å². The number of benzene rings is 2. The highest BCUT2D eigenvalue weighted by Gasteiger charge is 2.03. The molecule has 0 aliphatic carbocycles. The first kappa shape index (κ1) is 13.2. The summed E-state index contributed by atoms with van der Waals surface area (Å²) in [5.41, 5.74) is 15.1. The summed E-state index contributed by atoms with van der Waals surface area (Å²) in [5.74, 6) is 0. The number of rotatable bonds is 3. The number of nitrogens with two attached hydrogens (primary N) is 1. The van der Waals surface area contributed by atoms with Crippen molar-refractivity contribution in [2.45, 2.75) is 13.8 Å². The zero-order valence-electron chi connectivity index (χ0n) is 12.2. The van der Waals surface area contributed by atoms with Gasteiger partial charge in [-0.15, -0.1) is 0 Å². The van der Waals surface area contributed by atoms with E-state index in [-0.39, 0.29) is 0 Å². The molecule has 21 heavy (non-hydrogen) atoms. The Kier molecular flexibility index (Phi) is 3.36. The Bertz CT molecular complexity index is 757. The van der Waals surface area contributed by atoms with Crippen molar-refractivity contribution in [2.75, 3.05) is 11.2 Å². The van der Waals surface area contributed by atoms with Crippen LogP contribution in [-0.2, 0) is 0 Å². The molecule has 0 saturated carbocycles. The number of aryl methyl sites for hydroxylation is 2. The van der Waals surface area contributed by atoms with E-state index < -0.39 is 0 Å². The van der Waals surface area contributed by atoms with Gasteiger partial charge in [0.15, 0.2) is 0 Å². The fourth-order valence-electron chi connectivity index (χ4n) is 2.11. The van der Waals surface area contributed by atoms with E-state index in [1.165, 1.54) is 5.56 Å². The maximum absolute atomic E-state index is 5.92. The molecule has 1 heterocycles. The number of hydrogen-bond donors (Lipinski definition) is 2. The molecule has 0 fully saturated rings. The first-order chi connectivity index (χ1) is 10.1. The van der Waals surface area contributed by atoms with Crippen molar-refractivity contribution in [3.63, 3.8) is 0 Å². The number of nitrogens with zero attached hydrogens (tertiary/aromatic N) is 2. The molecule has 0 bridgehead atoms. The van der Waals surface area contributed by atoms with Crippen molar-refractivity contribution >= 4 is 11.4 Å². The molecule has 3 rings (SSSR count). The van der Waals surface area contributed by atoms with Crippen LogP contribution in [0.1, 0.15) is 11.1 Å². The summed E-state index contributed by atoms with van der Waals surface area (Å²) in [4.78, 5) is 1.69. The van der Waals surface area contributed by atoms with Gasteiger partial charge >= 0.3 is 0 Å². The number of anilines is 2. The standard InChI is InChI=1S/C17H18N4/c1-12-3-6-14(7-4-12)17-9-10-21(20-17)19-15-8-5-13(2)16(18)11-15/h3-11,19H,18H2,1-2H3. The first-order valence-electron chi connectivity index (χ1n) is 6.88. The first-order valence-corrected chi connectivity index (χ1v) is 6.88. The number of aromatic nitrogens is 2. The van der Waals surface area contributed by atoms with Gasteiger partial charge in [0.2, 0.25) is 0 Å². The molecule has 106 valence electrons. The molecular formula is C17H18N4. The van der Waals surface area contributed by atoms with Crippen LogP contribution >= 0.6 is 0 Å². The second-order valence-corrected chi connectivity index (χ2v) is 5.19. The zero-order chi connectivity index (χ0) is 14.8. The number of nitrogen functional groups attached to an aromatic ring is 1. The quantitative estimate of drug-likeness (QED) is 0.719. The third-order valence-corrected chi connectivity index (χ3v) is 3.46. The van der Waals surface area contributed by atoms with Crippen molar-refractivity contribution in [3.05, 3.63) is 65.9 Å². The Hall–Kier alpha value is -2.75. The summed E-state index contributed by atoms with van der Waals surface area (Å²) < 4.78 is 0. The summed E-state index contributed by atoms with van der Waals surface area (Å²) in [5, 5.41) is 4.52. The van der Waals surface area contributed by atoms with Crippen LogP contribution in [0.4, 0.5) is 11.4 Å². The highest BCUT2D eigenvalue weighted by atomic mass is 15.5. The second-order valence-electron chi connectivity index (χ2n) is 5.19. The third-order valence-electron chi connectivity index (χ3n) is 3.46. The van der Waals surface area contributed by atoms with Crippen LogP contribution < -0.4 is 11.2 Å². The SMILES string of the molecule is Cc1ccc(-c2ccn(Nc3ccc(C)c(N)c3)n2)cc1. The van der Waals surface area contributed by atoms with Gasteiger partial charge in [-0.05, 0) is 37.6 Å². The Morgan fingerprint density at radius 3 is 2.48 bits per heavy atom. The normalized spacial score (nSPS) is 10.6. The van der Waals surface area contributed by atoms with E-state index in [2.05, 4.69) is 41.7 Å². The minimum Gasteiger partial charge on any atom is -0.398 e. The lowest BCUT2D eigenvalue weighted by Crippen LogP contribution is -2.09. The van der Waals surface area contributed by atoms with E-state index in [9.17, 15) is 0 Å². The molecule has 0 aliphatic rings. The summed E-state index contributed by atoms with van der Waals surface area (Å²) in [7, 11) is 0. The van der Waals surface area contributed by atoms with Crippen molar-refractivity contribution < 1.29 is 0 Å². The van der Waals surface area contributed by atoms with Gasteiger partial charge < -0.3 is 5.73 Å². The molecule has 0 saturated heterocycles. The average molecular weight is 278 g/mol. The molecule has 1 aromatic heterocycles. The molecule has 0 amide bonds. The van der Waals surface area contributed by atoms with E-state index in [1.54, 1.807) is 4.79 Å². The van der Waals surface area contributed by atoms with Gasteiger partial charge in [0.1, 0.15) is 0 Å². The maximum atomic E-state index is 5.92. The van der Waals surface area contributed by atoms with Crippen molar-refractivity contribution in [1.29, 1.82) is 0 Å². The lowest BCUT2D eigenvalue weighted by atomic mass is 10.1. The van der Waals surface area contributed by atoms with Crippen LogP contribution in [0.2, 0.25) is 0 Å². The van der Waals surface area contributed by atoms with Gasteiger partial charge in [0.25, 0.3) is 0 Å². The predicted octanol–water partition coefficient (Wildman–Crippen LogP) is 3.62. The monoisotopic (exact) mass is 278 g/mol. The average Bonchev–Trinajstić information content (AvgIpc) is 2.92. The fraction of sp³-hybridized carbons (Fsp3) is 0.118. The smallest absolute Gasteiger partial charge is 0.0944 e. The molecule has 3 aromatic rings. The van der Waals surface area contributed by atoms with E-state index in [0.29, 0.717) is 0 Å². The summed E-state index contributed by atoms with van der Waals surface area (Å²) in [6.45, 7) is 4.06. The maximum Gasteiger partial charge on any atom is 0.0944 e. The molecule has 0 unspecified atom stereocenters. The van der Waals surface area contributed by atoms with E-state index in [1.807, 2.05) is 37.4 Å². The minimum absolute atomic E-state index is 0.769. The van der Waals surface area contributed by atoms with E-state index >= 15 is 0 Å². The molecule has 0 radical (unpaired) electrons. The second kappa shape index (κ2) is 5.32. The molecule has 2 aromatic carbocycles. The van der Waals surface area contributed by atoms with Crippen molar-refractivity contribution in [3.8, 4) is 11.3 Å². The van der Waals surface area contributed by atoms with E-state index in [4.69, 9.17) is 5.73 Å². The van der Waals surface area contributed by atoms with Gasteiger partial charge in [-0.25, -0.2) is 0 Å². The Morgan fingerprint density at radius 2 is 1.76 bits per heavy atom. The number of hydrogen-bond acceptors (Lipinski definition) is 3. The van der Waals surface area contributed by atoms with Crippen LogP contribution in [0, 0.1) is 13.8 Å². The topological polar surface area (TPSA) is 55.9 Å². The third kappa shape index (κ3) is 2.89. The van der Waals surface area contributed by atoms with Crippen molar-refractivity contribution in [1.82, 2.24) is 9.89 Å². The molecule has 3 N–H and O–H groups in total. The summed E-state index contributed by atoms with van der Waals surface area (Å²) in [6, 6.07) is 16.2. The van der Waals surface area contributed by atoms with Gasteiger partial charge in [-0.3, -0.25) is 5.43 Å². The fourth-order valence-corrected chi connectivity index (χ4v) is 2.11. The molecular weight excluding hydrogens is 260 g/mol. The van der Waals surface area contributed by atoms with Crippen LogP contribution in [-0.4, -0.2) is 9.89 Å². The zero-order valence-corrected chi connectivity index (χ0v) is 12.2. The van der Waals surface area contributed by atoms with Gasteiger partial charge in [0.05, 0.1) is 11.4 Å². The lowest BCUT2D eigenvalue weighted by Gasteiger charge is -2.08. The Morgan fingerprint density at radius 1 is 1.00 bits per heavy atom. The lowest BCUT2D eigenvalue weighted by molar-refractivity contribution is 0.807. The van der Waals surface area contributed by atoms with Crippen LogP contribution in [0.25, 0.3) is 11.3 Å². The molecule has 0 atom stereocenters. The Balaban J connectivity index is 1.81. The number of nitrogens with one attached hydrogen (secondary N) is 1. The molecule has 4 nitrogen and oxygen atoms in total. The highest BCUT2D eigenvalue weighted by Crippen LogP contribution is 2.19. The van der Waals surface area contributed by atoms with Crippen LogP contribution in [0.3, 0.4) is 0 Å². The Labute approximate surface area is 124 Å². The van der Waals surface area contributed by atoms with Gasteiger partial charge in [-0.1, -0.05) is 35.9 Å². The van der Waals surface area contributed by atoms with Crippen LogP contribution in [0.5, 0.6) is 0 Å². The summed E-state index contributed by atoms with van der Waals surface area (Å²) >= 11 is 0. The molecule has 4 heteroatoms. The highest BCUT2D eigenvalue weighted by molar-refractivity contribution is 5.60. The largest absolute Gasteiger partial charge is 0.398 e. The van der Waals surface area contributed by atoms with E-state index in [0.717, 1.165) is 28.2 Å². The minimum atomic E-state index is 0.769. The molecule has 0 spiro atoms. The predicted molar refractivity (Wildman–Crippen MR) is 87.0 cm³/mol. The van der Waals surface area contributed by atoms with Crippen LogP contribution in [0.15, 0.2) is 54.7 Å².